The molecule has 90 valence electrons. The molecule has 1 atom stereocenters. The fourth-order valence-electron chi connectivity index (χ4n) is 1.92. The quantitative estimate of drug-likeness (QED) is 0.475. The first-order valence-corrected chi connectivity index (χ1v) is 5.33. The summed E-state index contributed by atoms with van der Waals surface area (Å²) in [6.07, 6.45) is 1.85. The van der Waals surface area contributed by atoms with Crippen LogP contribution < -0.4 is 16.0 Å². The van der Waals surface area contributed by atoms with Crippen molar-refractivity contribution in [3.8, 4) is 5.75 Å². The molecule has 0 saturated heterocycles. The molecule has 1 unspecified atom stereocenters. The average molecular weight is 233 g/mol. The number of hydrazine groups is 1. The number of nitrogens with zero attached hydrogens (tertiary/aromatic N) is 1. The molecular weight excluding hydrogens is 218 g/mol. The van der Waals surface area contributed by atoms with E-state index >= 15 is 0 Å². The highest BCUT2D eigenvalue weighted by Gasteiger charge is 2.16. The second-order valence-electron chi connectivity index (χ2n) is 3.80. The first-order valence-electron chi connectivity index (χ1n) is 5.33. The lowest BCUT2D eigenvalue weighted by Gasteiger charge is -2.13. The van der Waals surface area contributed by atoms with Gasteiger partial charge in [0.05, 0.1) is 12.6 Å². The van der Waals surface area contributed by atoms with Gasteiger partial charge < -0.3 is 9.30 Å². The third kappa shape index (κ3) is 1.85. The molecule has 0 fully saturated rings. The Hall–Kier alpha value is -2.01. The summed E-state index contributed by atoms with van der Waals surface area (Å²) in [5, 5.41) is 0.978. The van der Waals surface area contributed by atoms with E-state index in [1.807, 2.05) is 35.0 Å². The van der Waals surface area contributed by atoms with Gasteiger partial charge in [0.1, 0.15) is 11.8 Å². The van der Waals surface area contributed by atoms with Crippen molar-refractivity contribution < 1.29 is 9.53 Å². The average Bonchev–Trinajstić information content (AvgIpc) is 2.80. The van der Waals surface area contributed by atoms with E-state index in [-0.39, 0.29) is 11.9 Å². The Bertz CT molecular complexity index is 548. The molecule has 5 nitrogen and oxygen atoms in total. The summed E-state index contributed by atoms with van der Waals surface area (Å²) in [6.45, 7) is 1.79. The van der Waals surface area contributed by atoms with Crippen molar-refractivity contribution in [2.45, 2.75) is 13.0 Å². The molecule has 0 saturated carbocycles. The zero-order valence-electron chi connectivity index (χ0n) is 9.81. The lowest BCUT2D eigenvalue weighted by molar-refractivity contribution is -0.123. The van der Waals surface area contributed by atoms with E-state index in [0.29, 0.717) is 0 Å². The maximum absolute atomic E-state index is 11.5. The minimum absolute atomic E-state index is 0.231. The lowest BCUT2D eigenvalue weighted by atomic mass is 10.2. The normalized spacial score (nSPS) is 12.4. The van der Waals surface area contributed by atoms with E-state index in [1.54, 1.807) is 14.0 Å². The Balaban J connectivity index is 2.53. The van der Waals surface area contributed by atoms with Gasteiger partial charge in [0.15, 0.2) is 0 Å². The Morgan fingerprint density at radius 2 is 2.24 bits per heavy atom. The Morgan fingerprint density at radius 1 is 1.47 bits per heavy atom. The number of benzene rings is 1. The molecule has 0 radical (unpaired) electrons. The van der Waals surface area contributed by atoms with Gasteiger partial charge in [-0.05, 0) is 25.1 Å². The van der Waals surface area contributed by atoms with Gasteiger partial charge in [-0.25, -0.2) is 5.84 Å². The molecule has 5 heteroatoms. The van der Waals surface area contributed by atoms with Crippen LogP contribution in [-0.2, 0) is 4.79 Å². The minimum Gasteiger partial charge on any atom is -0.496 e. The summed E-state index contributed by atoms with van der Waals surface area (Å²) >= 11 is 0. The Kier molecular flexibility index (Phi) is 3.01. The van der Waals surface area contributed by atoms with Gasteiger partial charge in [0, 0.05) is 11.6 Å². The number of ether oxygens (including phenoxy) is 1. The molecular formula is C12H15N3O2. The van der Waals surface area contributed by atoms with Gasteiger partial charge in [-0.1, -0.05) is 6.07 Å². The highest BCUT2D eigenvalue weighted by Crippen LogP contribution is 2.28. The number of carbonyl (C=O) groups excluding carboxylic acids is 1. The predicted molar refractivity (Wildman–Crippen MR) is 65.5 cm³/mol. The van der Waals surface area contributed by atoms with Crippen LogP contribution in [0.1, 0.15) is 13.0 Å². The van der Waals surface area contributed by atoms with Gasteiger partial charge in [0.25, 0.3) is 5.91 Å². The summed E-state index contributed by atoms with van der Waals surface area (Å²) in [6, 6.07) is 7.29. The number of hydrogen-bond donors (Lipinski definition) is 2. The van der Waals surface area contributed by atoms with Crippen molar-refractivity contribution in [2.75, 3.05) is 7.11 Å². The molecule has 2 aromatic rings. The van der Waals surface area contributed by atoms with Crippen LogP contribution >= 0.6 is 0 Å². The smallest absolute Gasteiger partial charge is 0.256 e. The molecule has 1 heterocycles. The molecule has 0 aliphatic heterocycles. The van der Waals surface area contributed by atoms with E-state index in [4.69, 9.17) is 10.6 Å². The van der Waals surface area contributed by atoms with E-state index < -0.39 is 0 Å². The molecule has 3 N–H and O–H groups in total. The summed E-state index contributed by atoms with van der Waals surface area (Å²) in [7, 11) is 1.63. The molecule has 0 aliphatic rings. The SMILES string of the molecule is COc1cccc2c1ccn2C(C)C(=O)NN. The number of rotatable bonds is 3. The first-order chi connectivity index (χ1) is 8.19. The molecule has 0 aliphatic carbocycles. The van der Waals surface area contributed by atoms with Crippen LogP contribution in [0.15, 0.2) is 30.5 Å². The Morgan fingerprint density at radius 3 is 2.88 bits per heavy atom. The summed E-state index contributed by atoms with van der Waals surface area (Å²) in [5.41, 5.74) is 3.10. The highest BCUT2D eigenvalue weighted by molar-refractivity contribution is 5.89. The third-order valence-electron chi connectivity index (χ3n) is 2.88. The number of nitrogens with two attached hydrogens (primary N) is 1. The number of hydrogen-bond acceptors (Lipinski definition) is 3. The number of fused-ring (bicyclic) bond motifs is 1. The number of carbonyl (C=O) groups is 1. The summed E-state index contributed by atoms with van der Waals surface area (Å²) < 4.78 is 7.13. The third-order valence-corrected chi connectivity index (χ3v) is 2.88. The van der Waals surface area contributed by atoms with Crippen molar-refractivity contribution in [1.29, 1.82) is 0 Å². The molecule has 2 rings (SSSR count). The van der Waals surface area contributed by atoms with Crippen molar-refractivity contribution >= 4 is 16.8 Å². The van der Waals surface area contributed by atoms with E-state index in [1.165, 1.54) is 0 Å². The highest BCUT2D eigenvalue weighted by atomic mass is 16.5. The fraction of sp³-hybridized carbons (Fsp3) is 0.250. The maximum Gasteiger partial charge on any atom is 0.256 e. The maximum atomic E-state index is 11.5. The van der Waals surface area contributed by atoms with Crippen molar-refractivity contribution in [2.24, 2.45) is 5.84 Å². The topological polar surface area (TPSA) is 69.3 Å². The predicted octanol–water partition coefficient (Wildman–Crippen LogP) is 1.20. The van der Waals surface area contributed by atoms with Gasteiger partial charge in [0.2, 0.25) is 0 Å². The van der Waals surface area contributed by atoms with Crippen LogP contribution in [0.25, 0.3) is 10.9 Å². The molecule has 1 aromatic heterocycles. The zero-order chi connectivity index (χ0) is 12.4. The van der Waals surface area contributed by atoms with E-state index in [9.17, 15) is 4.79 Å². The fourth-order valence-corrected chi connectivity index (χ4v) is 1.92. The van der Waals surface area contributed by atoms with Gasteiger partial charge in [-0.3, -0.25) is 10.2 Å². The monoisotopic (exact) mass is 233 g/mol. The van der Waals surface area contributed by atoms with Crippen LogP contribution in [0.5, 0.6) is 5.75 Å². The van der Waals surface area contributed by atoms with Crippen LogP contribution in [0.3, 0.4) is 0 Å². The number of aromatic nitrogens is 1. The standard InChI is InChI=1S/C12H15N3O2/c1-8(12(16)14-13)15-7-6-9-10(15)4-3-5-11(9)17-2/h3-8H,13H2,1-2H3,(H,14,16). The molecule has 17 heavy (non-hydrogen) atoms. The Labute approximate surface area is 99.1 Å². The van der Waals surface area contributed by atoms with E-state index in [2.05, 4.69) is 5.43 Å². The molecule has 1 amide bonds. The first kappa shape index (κ1) is 11.5. The van der Waals surface area contributed by atoms with E-state index in [0.717, 1.165) is 16.7 Å². The largest absolute Gasteiger partial charge is 0.496 e. The van der Waals surface area contributed by atoms with Gasteiger partial charge in [-0.15, -0.1) is 0 Å². The van der Waals surface area contributed by atoms with Gasteiger partial charge >= 0.3 is 0 Å². The number of nitrogens with one attached hydrogen (secondary N) is 1. The minimum atomic E-state index is -0.357. The van der Waals surface area contributed by atoms with Crippen molar-refractivity contribution in [1.82, 2.24) is 9.99 Å². The van der Waals surface area contributed by atoms with Crippen molar-refractivity contribution in [3.63, 3.8) is 0 Å². The molecule has 1 aromatic carbocycles. The summed E-state index contributed by atoms with van der Waals surface area (Å²) in [5.74, 6) is 5.70. The number of amides is 1. The summed E-state index contributed by atoms with van der Waals surface area (Å²) in [4.78, 5) is 11.5. The molecule has 0 spiro atoms. The second-order valence-corrected chi connectivity index (χ2v) is 3.80. The zero-order valence-corrected chi connectivity index (χ0v) is 9.81. The number of methoxy groups -OCH3 is 1. The van der Waals surface area contributed by atoms with Crippen LogP contribution in [0.2, 0.25) is 0 Å². The lowest BCUT2D eigenvalue weighted by Crippen LogP contribution is -2.35. The van der Waals surface area contributed by atoms with Crippen LogP contribution in [0.4, 0.5) is 0 Å². The van der Waals surface area contributed by atoms with Crippen LogP contribution in [0, 0.1) is 0 Å². The van der Waals surface area contributed by atoms with Crippen LogP contribution in [-0.4, -0.2) is 17.6 Å². The van der Waals surface area contributed by atoms with Crippen molar-refractivity contribution in [3.05, 3.63) is 30.5 Å². The second kappa shape index (κ2) is 4.47. The molecule has 0 bridgehead atoms. The van der Waals surface area contributed by atoms with Gasteiger partial charge in [-0.2, -0.15) is 0 Å².